The molecule has 0 spiro atoms. The monoisotopic (exact) mass is 525 g/mol. The molecule has 3 N–H and O–H groups in total. The van der Waals surface area contributed by atoms with Gasteiger partial charge in [0.2, 0.25) is 17.7 Å². The predicted molar refractivity (Wildman–Crippen MR) is 149 cm³/mol. The van der Waals surface area contributed by atoms with Crippen molar-refractivity contribution in [2.24, 2.45) is 0 Å². The Morgan fingerprint density at radius 1 is 0.410 bits per heavy atom. The Hall–Kier alpha value is -5.31. The van der Waals surface area contributed by atoms with E-state index in [4.69, 9.17) is 14.2 Å². The topological polar surface area (TPSA) is 115 Å². The lowest BCUT2D eigenvalue weighted by atomic mass is 10.2. The maximum atomic E-state index is 11.3. The van der Waals surface area contributed by atoms with E-state index in [0.29, 0.717) is 51.6 Å². The molecule has 0 aliphatic carbocycles. The molecule has 0 aliphatic rings. The Bertz CT molecular complexity index is 1270. The molecule has 0 saturated heterocycles. The van der Waals surface area contributed by atoms with E-state index in [1.54, 1.807) is 91.0 Å². The third-order valence-corrected chi connectivity index (χ3v) is 5.08. The zero-order valence-corrected chi connectivity index (χ0v) is 21.6. The summed E-state index contributed by atoms with van der Waals surface area (Å²) in [6.45, 7) is 4.33. The lowest BCUT2D eigenvalue weighted by Gasteiger charge is -2.14. The van der Waals surface area contributed by atoms with Crippen LogP contribution in [0.25, 0.3) is 0 Å². The maximum absolute atomic E-state index is 11.3. The second-order valence-corrected chi connectivity index (χ2v) is 8.56. The first-order valence-corrected chi connectivity index (χ1v) is 12.0. The highest BCUT2D eigenvalue weighted by Gasteiger charge is 2.09. The number of benzene rings is 4. The van der Waals surface area contributed by atoms with Gasteiger partial charge in [0.15, 0.2) is 0 Å². The van der Waals surface area contributed by atoms with Crippen LogP contribution in [0.5, 0.6) is 34.5 Å². The largest absolute Gasteiger partial charge is 0.457 e. The molecule has 4 aromatic rings. The van der Waals surface area contributed by atoms with Crippen molar-refractivity contribution in [2.45, 2.75) is 20.8 Å². The lowest BCUT2D eigenvalue weighted by Crippen LogP contribution is -2.05. The van der Waals surface area contributed by atoms with Gasteiger partial charge < -0.3 is 30.2 Å². The van der Waals surface area contributed by atoms with E-state index in [2.05, 4.69) is 16.0 Å². The van der Waals surface area contributed by atoms with Crippen LogP contribution in [0.2, 0.25) is 0 Å². The van der Waals surface area contributed by atoms with Crippen molar-refractivity contribution in [1.29, 1.82) is 0 Å². The molecular weight excluding hydrogens is 498 g/mol. The number of ether oxygens (including phenoxy) is 3. The number of carbonyl (C=O) groups is 3. The molecule has 0 radical (unpaired) electrons. The Kier molecular flexibility index (Phi) is 8.43. The van der Waals surface area contributed by atoms with Crippen LogP contribution in [-0.2, 0) is 14.4 Å². The standard InChI is InChI=1S/C30H27N3O6/c1-19(34)31-22-4-10-25(11-5-22)37-28-16-29(38-26-12-6-23(7-13-26)32-20(2)35)18-30(17-28)39-27-14-8-24(9-15-27)33-21(3)36/h4-18H,1-3H3,(H,31,34)(H,32,35)(H,33,36). The van der Waals surface area contributed by atoms with E-state index in [0.717, 1.165) is 0 Å². The van der Waals surface area contributed by atoms with Gasteiger partial charge in [-0.1, -0.05) is 0 Å². The fraction of sp³-hybridized carbons (Fsp3) is 0.100. The molecule has 0 atom stereocenters. The quantitative estimate of drug-likeness (QED) is 0.218. The number of carbonyl (C=O) groups excluding carboxylic acids is 3. The number of nitrogens with one attached hydrogen (secondary N) is 3. The summed E-state index contributed by atoms with van der Waals surface area (Å²) in [4.78, 5) is 33.9. The van der Waals surface area contributed by atoms with Crippen LogP contribution >= 0.6 is 0 Å². The summed E-state index contributed by atoms with van der Waals surface area (Å²) in [6.07, 6.45) is 0. The van der Waals surface area contributed by atoms with Crippen molar-refractivity contribution in [1.82, 2.24) is 0 Å². The highest BCUT2D eigenvalue weighted by atomic mass is 16.5. The van der Waals surface area contributed by atoms with E-state index in [-0.39, 0.29) is 17.7 Å². The normalized spacial score (nSPS) is 10.2. The third kappa shape index (κ3) is 8.36. The highest BCUT2D eigenvalue weighted by Crippen LogP contribution is 2.36. The minimum Gasteiger partial charge on any atom is -0.457 e. The first kappa shape index (κ1) is 26.7. The fourth-order valence-electron chi connectivity index (χ4n) is 3.56. The Morgan fingerprint density at radius 2 is 0.641 bits per heavy atom. The molecule has 0 aromatic heterocycles. The average molecular weight is 526 g/mol. The number of rotatable bonds is 9. The SMILES string of the molecule is CC(=O)Nc1ccc(Oc2cc(Oc3ccc(NC(C)=O)cc3)cc(Oc3ccc(NC(C)=O)cc3)c2)cc1. The average Bonchev–Trinajstić information content (AvgIpc) is 2.87. The molecular formula is C30H27N3O6. The third-order valence-electron chi connectivity index (χ3n) is 5.08. The van der Waals surface area contributed by atoms with E-state index < -0.39 is 0 Å². The molecule has 0 heterocycles. The molecule has 0 unspecified atom stereocenters. The van der Waals surface area contributed by atoms with Crippen LogP contribution < -0.4 is 30.2 Å². The van der Waals surface area contributed by atoms with Crippen LogP contribution in [0, 0.1) is 0 Å². The van der Waals surface area contributed by atoms with E-state index >= 15 is 0 Å². The Balaban J connectivity index is 1.57. The summed E-state index contributed by atoms with van der Waals surface area (Å²) >= 11 is 0. The first-order chi connectivity index (χ1) is 18.7. The molecule has 4 rings (SSSR count). The first-order valence-electron chi connectivity index (χ1n) is 12.0. The summed E-state index contributed by atoms with van der Waals surface area (Å²) in [5.74, 6) is 2.53. The lowest BCUT2D eigenvalue weighted by molar-refractivity contribution is -0.115. The summed E-state index contributed by atoms with van der Waals surface area (Å²) in [5, 5.41) is 8.15. The van der Waals surface area contributed by atoms with Crippen molar-refractivity contribution in [3.63, 3.8) is 0 Å². The van der Waals surface area contributed by atoms with Gasteiger partial charge >= 0.3 is 0 Å². The van der Waals surface area contributed by atoms with Crippen molar-refractivity contribution in [3.8, 4) is 34.5 Å². The number of amides is 3. The second-order valence-electron chi connectivity index (χ2n) is 8.56. The van der Waals surface area contributed by atoms with Gasteiger partial charge in [0.05, 0.1) is 0 Å². The minimum absolute atomic E-state index is 0.162. The molecule has 0 fully saturated rings. The van der Waals surface area contributed by atoms with Gasteiger partial charge in [-0.15, -0.1) is 0 Å². The van der Waals surface area contributed by atoms with Crippen LogP contribution in [0.4, 0.5) is 17.1 Å². The van der Waals surface area contributed by atoms with Crippen LogP contribution in [0.3, 0.4) is 0 Å². The summed E-state index contributed by atoms with van der Waals surface area (Å²) in [7, 11) is 0. The van der Waals surface area contributed by atoms with E-state index in [9.17, 15) is 14.4 Å². The molecule has 0 bridgehead atoms. The summed E-state index contributed by atoms with van der Waals surface area (Å²) in [6, 6.07) is 26.0. The predicted octanol–water partition coefficient (Wildman–Crippen LogP) is 6.94. The van der Waals surface area contributed by atoms with Crippen LogP contribution in [0.1, 0.15) is 20.8 Å². The molecule has 39 heavy (non-hydrogen) atoms. The molecule has 3 amide bonds. The highest BCUT2D eigenvalue weighted by molar-refractivity contribution is 5.89. The van der Waals surface area contributed by atoms with Crippen molar-refractivity contribution >= 4 is 34.8 Å². The number of anilines is 3. The molecule has 0 aliphatic heterocycles. The fourth-order valence-corrected chi connectivity index (χ4v) is 3.56. The van der Waals surface area contributed by atoms with Crippen LogP contribution in [0.15, 0.2) is 91.0 Å². The van der Waals surface area contributed by atoms with Gasteiger partial charge in [-0.2, -0.15) is 0 Å². The van der Waals surface area contributed by atoms with Crippen molar-refractivity contribution in [2.75, 3.05) is 16.0 Å². The van der Waals surface area contributed by atoms with Gasteiger partial charge in [-0.3, -0.25) is 14.4 Å². The molecule has 9 heteroatoms. The Morgan fingerprint density at radius 3 is 0.846 bits per heavy atom. The molecule has 198 valence electrons. The number of hydrogen-bond donors (Lipinski definition) is 3. The van der Waals surface area contributed by atoms with Gasteiger partial charge in [0.25, 0.3) is 0 Å². The van der Waals surface area contributed by atoms with E-state index in [1.165, 1.54) is 20.8 Å². The van der Waals surface area contributed by atoms with E-state index in [1.807, 2.05) is 0 Å². The van der Waals surface area contributed by atoms with Crippen molar-refractivity contribution in [3.05, 3.63) is 91.0 Å². The van der Waals surface area contributed by atoms with Crippen LogP contribution in [-0.4, -0.2) is 17.7 Å². The van der Waals surface area contributed by atoms with Gasteiger partial charge in [0.1, 0.15) is 34.5 Å². The minimum atomic E-state index is -0.162. The van der Waals surface area contributed by atoms with Gasteiger partial charge in [0, 0.05) is 56.0 Å². The maximum Gasteiger partial charge on any atom is 0.221 e. The second kappa shape index (κ2) is 12.3. The molecule has 9 nitrogen and oxygen atoms in total. The van der Waals surface area contributed by atoms with Crippen molar-refractivity contribution < 1.29 is 28.6 Å². The summed E-state index contributed by atoms with van der Waals surface area (Å²) in [5.41, 5.74) is 1.96. The zero-order valence-electron chi connectivity index (χ0n) is 21.6. The Labute approximate surface area is 225 Å². The molecule has 4 aromatic carbocycles. The summed E-state index contributed by atoms with van der Waals surface area (Å²) < 4.78 is 18.2. The molecule has 0 saturated carbocycles. The zero-order chi connectivity index (χ0) is 27.8. The van der Waals surface area contributed by atoms with Gasteiger partial charge in [-0.25, -0.2) is 0 Å². The smallest absolute Gasteiger partial charge is 0.221 e. The number of hydrogen-bond acceptors (Lipinski definition) is 6. The van der Waals surface area contributed by atoms with Gasteiger partial charge in [-0.05, 0) is 72.8 Å².